The third-order valence-electron chi connectivity index (χ3n) is 5.14. The zero-order valence-electron chi connectivity index (χ0n) is 15.1. The molecule has 3 aromatic rings. The highest BCUT2D eigenvalue weighted by atomic mass is 32.1. The molecule has 1 atom stereocenters. The summed E-state index contributed by atoms with van der Waals surface area (Å²) < 4.78 is 10.7. The number of nitrogens with two attached hydrogens (primary N) is 1. The fraction of sp³-hybridized carbons (Fsp3) is 0.316. The van der Waals surface area contributed by atoms with Crippen LogP contribution in [0.5, 0.6) is 11.5 Å². The van der Waals surface area contributed by atoms with Gasteiger partial charge in [-0.05, 0) is 24.3 Å². The number of anilines is 3. The van der Waals surface area contributed by atoms with Gasteiger partial charge in [0.2, 0.25) is 12.7 Å². The van der Waals surface area contributed by atoms with Gasteiger partial charge >= 0.3 is 0 Å². The van der Waals surface area contributed by atoms with E-state index in [2.05, 4.69) is 20.2 Å². The number of nitrogens with zero attached hydrogens (tertiary/aromatic N) is 3. The minimum absolute atomic E-state index is 0.0501. The van der Waals surface area contributed by atoms with Crippen LogP contribution in [0.3, 0.4) is 0 Å². The Bertz CT molecular complexity index is 1050. The second kappa shape index (κ2) is 6.83. The molecule has 0 spiro atoms. The van der Waals surface area contributed by atoms with Crippen LogP contribution in [0.2, 0.25) is 0 Å². The maximum Gasteiger partial charge on any atom is 0.231 e. The third-order valence-corrected chi connectivity index (χ3v) is 5.96. The molecule has 0 radical (unpaired) electrons. The molecule has 28 heavy (non-hydrogen) atoms. The summed E-state index contributed by atoms with van der Waals surface area (Å²) in [6, 6.07) is 5.43. The third kappa shape index (κ3) is 2.97. The normalized spacial score (nSPS) is 18.4. The minimum atomic E-state index is -0.151. The fourth-order valence-corrected chi connectivity index (χ4v) is 4.44. The highest BCUT2D eigenvalue weighted by Crippen LogP contribution is 2.38. The van der Waals surface area contributed by atoms with Crippen LogP contribution < -0.4 is 25.4 Å². The predicted molar refractivity (Wildman–Crippen MR) is 108 cm³/mol. The molecule has 0 bridgehead atoms. The summed E-state index contributed by atoms with van der Waals surface area (Å²) in [5, 5.41) is 6.01. The van der Waals surface area contributed by atoms with Crippen LogP contribution in [-0.4, -0.2) is 35.8 Å². The van der Waals surface area contributed by atoms with Crippen molar-refractivity contribution in [2.75, 3.05) is 35.8 Å². The van der Waals surface area contributed by atoms with Crippen LogP contribution in [0.25, 0.3) is 10.2 Å². The van der Waals surface area contributed by atoms with Crippen molar-refractivity contribution in [2.24, 2.45) is 5.92 Å². The summed E-state index contributed by atoms with van der Waals surface area (Å²) >= 11 is 1.59. The van der Waals surface area contributed by atoms with Gasteiger partial charge in [0.15, 0.2) is 11.5 Å². The van der Waals surface area contributed by atoms with E-state index in [1.807, 2.05) is 11.4 Å². The Balaban J connectivity index is 1.34. The number of piperidine rings is 1. The molecule has 1 amide bonds. The number of rotatable bonds is 3. The van der Waals surface area contributed by atoms with E-state index >= 15 is 0 Å². The highest BCUT2D eigenvalue weighted by Gasteiger charge is 2.28. The number of nitrogens with one attached hydrogen (secondary N) is 1. The lowest BCUT2D eigenvalue weighted by molar-refractivity contribution is -0.120. The van der Waals surface area contributed by atoms with Gasteiger partial charge < -0.3 is 25.4 Å². The predicted octanol–water partition coefficient (Wildman–Crippen LogP) is 2.86. The van der Waals surface area contributed by atoms with Crippen molar-refractivity contribution >= 4 is 44.7 Å². The number of carbonyl (C=O) groups is 1. The molecular weight excluding hydrogens is 378 g/mol. The van der Waals surface area contributed by atoms with Crippen molar-refractivity contribution in [3.05, 3.63) is 29.9 Å². The van der Waals surface area contributed by atoms with Crippen molar-refractivity contribution in [2.45, 2.75) is 12.8 Å². The number of ether oxygens (including phenoxy) is 2. The molecule has 144 valence electrons. The van der Waals surface area contributed by atoms with Crippen LogP contribution >= 0.6 is 11.3 Å². The lowest BCUT2D eigenvalue weighted by Gasteiger charge is -2.33. The van der Waals surface area contributed by atoms with E-state index in [9.17, 15) is 4.79 Å². The maximum absolute atomic E-state index is 12.9. The lowest BCUT2D eigenvalue weighted by atomic mass is 9.96. The van der Waals surface area contributed by atoms with Crippen molar-refractivity contribution in [1.29, 1.82) is 0 Å². The number of benzene rings is 1. The van der Waals surface area contributed by atoms with E-state index < -0.39 is 0 Å². The number of amides is 1. The van der Waals surface area contributed by atoms with E-state index in [0.717, 1.165) is 35.4 Å². The van der Waals surface area contributed by atoms with Gasteiger partial charge in [-0.2, -0.15) is 0 Å². The van der Waals surface area contributed by atoms with Gasteiger partial charge in [0.1, 0.15) is 17.0 Å². The van der Waals surface area contributed by atoms with Crippen LogP contribution in [0.4, 0.5) is 17.2 Å². The molecule has 0 aliphatic carbocycles. The van der Waals surface area contributed by atoms with Gasteiger partial charge in [-0.25, -0.2) is 9.97 Å². The molecule has 1 saturated heterocycles. The Kier molecular flexibility index (Phi) is 4.16. The zero-order chi connectivity index (χ0) is 19.1. The van der Waals surface area contributed by atoms with Crippen molar-refractivity contribution < 1.29 is 14.3 Å². The smallest absolute Gasteiger partial charge is 0.231 e. The Labute approximate surface area is 165 Å². The molecule has 1 fully saturated rings. The molecule has 2 aliphatic heterocycles. The minimum Gasteiger partial charge on any atom is -0.454 e. The second-order valence-electron chi connectivity index (χ2n) is 6.90. The molecule has 8 nitrogen and oxygen atoms in total. The summed E-state index contributed by atoms with van der Waals surface area (Å²) in [4.78, 5) is 24.8. The van der Waals surface area contributed by atoms with Crippen LogP contribution in [0.15, 0.2) is 29.9 Å². The average Bonchev–Trinajstić information content (AvgIpc) is 3.37. The number of fused-ring (bicyclic) bond motifs is 2. The summed E-state index contributed by atoms with van der Waals surface area (Å²) in [5.41, 5.74) is 7.07. The van der Waals surface area contributed by atoms with Crippen LogP contribution in [-0.2, 0) is 4.79 Å². The first kappa shape index (κ1) is 17.1. The molecule has 0 saturated carbocycles. The lowest BCUT2D eigenvalue weighted by Crippen LogP contribution is -2.41. The molecule has 1 aromatic carbocycles. The first-order chi connectivity index (χ1) is 13.7. The van der Waals surface area contributed by atoms with Crippen molar-refractivity contribution in [3.63, 3.8) is 0 Å². The molecule has 4 heterocycles. The van der Waals surface area contributed by atoms with E-state index in [0.29, 0.717) is 29.4 Å². The number of hydrogen-bond acceptors (Lipinski definition) is 8. The molecule has 2 aliphatic rings. The van der Waals surface area contributed by atoms with Crippen LogP contribution in [0.1, 0.15) is 12.8 Å². The largest absolute Gasteiger partial charge is 0.454 e. The Morgan fingerprint density at radius 1 is 1.29 bits per heavy atom. The van der Waals surface area contributed by atoms with Gasteiger partial charge in [-0.1, -0.05) is 0 Å². The molecule has 9 heteroatoms. The van der Waals surface area contributed by atoms with Gasteiger partial charge in [-0.15, -0.1) is 11.3 Å². The Morgan fingerprint density at radius 2 is 2.14 bits per heavy atom. The summed E-state index contributed by atoms with van der Waals surface area (Å²) in [7, 11) is 0. The van der Waals surface area contributed by atoms with Gasteiger partial charge in [-0.3, -0.25) is 4.79 Å². The standard InChI is InChI=1S/C19H19N5O3S/c20-13-6-15-16(27-10-26-15)7-14(13)23-18(25)11-2-1-4-24(8-11)17-12-3-5-28-19(12)22-9-21-17/h3,5-7,9,11H,1-2,4,8,10,20H2,(H,23,25). The van der Waals surface area contributed by atoms with Gasteiger partial charge in [0.25, 0.3) is 0 Å². The first-order valence-electron chi connectivity index (χ1n) is 9.12. The summed E-state index contributed by atoms with van der Waals surface area (Å²) in [6.45, 7) is 1.65. The number of carbonyl (C=O) groups excluding carboxylic acids is 1. The van der Waals surface area contributed by atoms with Crippen molar-refractivity contribution in [1.82, 2.24) is 9.97 Å². The Morgan fingerprint density at radius 3 is 3.04 bits per heavy atom. The van der Waals surface area contributed by atoms with Gasteiger partial charge in [0, 0.05) is 25.2 Å². The zero-order valence-corrected chi connectivity index (χ0v) is 15.9. The molecular formula is C19H19N5O3S. The topological polar surface area (TPSA) is 103 Å². The van der Waals surface area contributed by atoms with E-state index in [1.54, 1.807) is 29.8 Å². The van der Waals surface area contributed by atoms with Gasteiger partial charge in [0.05, 0.1) is 22.7 Å². The monoisotopic (exact) mass is 397 g/mol. The fourth-order valence-electron chi connectivity index (χ4n) is 3.71. The highest BCUT2D eigenvalue weighted by molar-refractivity contribution is 7.16. The van der Waals surface area contributed by atoms with E-state index in [4.69, 9.17) is 15.2 Å². The molecule has 5 rings (SSSR count). The van der Waals surface area contributed by atoms with E-state index in [1.165, 1.54) is 0 Å². The summed E-state index contributed by atoms with van der Waals surface area (Å²) in [6.07, 6.45) is 3.33. The molecule has 2 aromatic heterocycles. The number of nitrogen functional groups attached to an aromatic ring is 1. The number of hydrogen-bond donors (Lipinski definition) is 2. The maximum atomic E-state index is 12.9. The van der Waals surface area contributed by atoms with Crippen LogP contribution in [0, 0.1) is 5.92 Å². The average molecular weight is 397 g/mol. The molecule has 3 N–H and O–H groups in total. The summed E-state index contributed by atoms with van der Waals surface area (Å²) in [5.74, 6) is 1.89. The Hall–Kier alpha value is -3.07. The van der Waals surface area contributed by atoms with E-state index in [-0.39, 0.29) is 18.6 Å². The first-order valence-corrected chi connectivity index (χ1v) is 10.00. The SMILES string of the molecule is Nc1cc2c(cc1NC(=O)C1CCCN(c3ncnc4sccc34)C1)OCO2. The number of aromatic nitrogens is 2. The molecule has 1 unspecified atom stereocenters. The number of thiophene rings is 1. The second-order valence-corrected chi connectivity index (χ2v) is 7.80. The van der Waals surface area contributed by atoms with Crippen molar-refractivity contribution in [3.8, 4) is 11.5 Å². The quantitative estimate of drug-likeness (QED) is 0.655.